The molecular formula is C45H55F4N11O6. The maximum absolute atomic E-state index is 14.9. The van der Waals surface area contributed by atoms with Crippen LogP contribution in [0.15, 0.2) is 48.9 Å². The first-order valence-electron chi connectivity index (χ1n) is 22.5. The quantitative estimate of drug-likeness (QED) is 0.104. The molecule has 3 atom stereocenters. The number of ether oxygens (including phenoxy) is 1. The highest BCUT2D eigenvalue weighted by Crippen LogP contribution is 2.39. The summed E-state index contributed by atoms with van der Waals surface area (Å²) in [5.74, 6) is -1.40. The number of alkyl halides is 4. The maximum atomic E-state index is 14.9. The van der Waals surface area contributed by atoms with Gasteiger partial charge < -0.3 is 30.5 Å². The Morgan fingerprint density at radius 2 is 1.73 bits per heavy atom. The zero-order valence-electron chi connectivity index (χ0n) is 37.1. The SMILES string of the molecule is CC(C)(C)OC(=O)N[C@@H]1C[C@@H](F)CN(c2ccn3ncc(C(=O)Nc4cn(C5CCC(C(=O)N6CCC(CNc7cccc(C8CCC(=O)NC8=O)c7)CC6)CC5)nc4C(F)(F)F)c3n2)C1. The van der Waals surface area contributed by atoms with Crippen LogP contribution in [-0.2, 0) is 25.3 Å². The van der Waals surface area contributed by atoms with Gasteiger partial charge in [-0.2, -0.15) is 23.4 Å². The largest absolute Gasteiger partial charge is 0.444 e. The maximum Gasteiger partial charge on any atom is 0.437 e. The van der Waals surface area contributed by atoms with Crippen molar-refractivity contribution in [3.63, 3.8) is 0 Å². The second kappa shape index (κ2) is 18.9. The van der Waals surface area contributed by atoms with Crippen LogP contribution in [0.25, 0.3) is 5.65 Å². The number of imide groups is 1. The summed E-state index contributed by atoms with van der Waals surface area (Å²) in [5, 5.41) is 19.0. The molecule has 1 aromatic carbocycles. The molecular weight excluding hydrogens is 867 g/mol. The predicted molar refractivity (Wildman–Crippen MR) is 233 cm³/mol. The van der Waals surface area contributed by atoms with E-state index in [0.29, 0.717) is 64.1 Å². The zero-order valence-corrected chi connectivity index (χ0v) is 37.1. The molecule has 21 heteroatoms. The first-order chi connectivity index (χ1) is 31.4. The predicted octanol–water partition coefficient (Wildman–Crippen LogP) is 6.24. The molecule has 5 amide bonds. The standard InChI is InChI=1S/C45H55F4N11O6/c1-44(2,3)66-43(65)52-31-20-29(46)23-58(24-31)36-15-18-59-39(54-36)34(22-51-59)41(63)53-35-25-60(56-38(35)45(47,48)49)32-9-7-27(8-10-32)42(64)57-16-13-26(14-17-57)21-50-30-6-4-5-28(19-30)33-11-12-37(61)55-40(33)62/h4-6,15,18-19,22,25-27,29,31-33,50H,7-14,16-17,20-21,23-24H2,1-3H3,(H,52,65)(H,53,63)(H,55,61,62)/t27?,29-,31-,32?,33?/m1/s1. The molecule has 4 N–H and O–H groups in total. The number of piperidine rings is 3. The Kier molecular flexibility index (Phi) is 13.3. The van der Waals surface area contributed by atoms with Crippen LogP contribution >= 0.6 is 0 Å². The molecule has 4 aromatic rings. The third-order valence-electron chi connectivity index (χ3n) is 12.8. The fourth-order valence-electron chi connectivity index (χ4n) is 9.41. The minimum Gasteiger partial charge on any atom is -0.444 e. The molecule has 17 nitrogen and oxygen atoms in total. The number of amides is 5. The van der Waals surface area contributed by atoms with Crippen molar-refractivity contribution >= 4 is 52.6 Å². The van der Waals surface area contributed by atoms with E-state index in [1.807, 2.05) is 29.2 Å². The number of anilines is 3. The molecule has 66 heavy (non-hydrogen) atoms. The molecule has 354 valence electrons. The molecule has 4 fully saturated rings. The molecule has 6 heterocycles. The van der Waals surface area contributed by atoms with Crippen LogP contribution in [0.4, 0.5) is 39.5 Å². The Hall–Kier alpha value is -6.28. The highest BCUT2D eigenvalue weighted by Gasteiger charge is 2.40. The molecule has 4 aliphatic rings. The molecule has 3 aliphatic heterocycles. The van der Waals surface area contributed by atoms with Crippen LogP contribution in [0, 0.1) is 11.8 Å². The van der Waals surface area contributed by atoms with Crippen molar-refractivity contribution in [3.05, 3.63) is 65.7 Å². The number of rotatable bonds is 10. The second-order valence-electron chi connectivity index (χ2n) is 18.8. The van der Waals surface area contributed by atoms with Crippen LogP contribution in [-0.4, -0.2) is 110 Å². The van der Waals surface area contributed by atoms with Crippen molar-refractivity contribution in [3.8, 4) is 0 Å². The van der Waals surface area contributed by atoms with Gasteiger partial charge in [0.05, 0.1) is 36.4 Å². The number of hydrogen-bond donors (Lipinski definition) is 4. The van der Waals surface area contributed by atoms with Gasteiger partial charge in [-0.3, -0.25) is 29.2 Å². The number of carbonyl (C=O) groups is 5. The lowest BCUT2D eigenvalue weighted by atomic mass is 9.84. The van der Waals surface area contributed by atoms with Crippen molar-refractivity contribution in [2.75, 3.05) is 48.3 Å². The van der Waals surface area contributed by atoms with E-state index in [1.54, 1.807) is 31.7 Å². The Morgan fingerprint density at radius 1 is 0.970 bits per heavy atom. The van der Waals surface area contributed by atoms with Gasteiger partial charge in [0.1, 0.15) is 23.2 Å². The van der Waals surface area contributed by atoms with Crippen LogP contribution in [0.1, 0.15) is 112 Å². The lowest BCUT2D eigenvalue weighted by molar-refractivity contribution is -0.141. The molecule has 1 saturated carbocycles. The van der Waals surface area contributed by atoms with Crippen molar-refractivity contribution in [2.24, 2.45) is 11.8 Å². The van der Waals surface area contributed by atoms with E-state index in [4.69, 9.17) is 4.74 Å². The van der Waals surface area contributed by atoms with Gasteiger partial charge in [0, 0.05) is 63.0 Å². The van der Waals surface area contributed by atoms with E-state index in [-0.39, 0.29) is 66.1 Å². The average molecular weight is 922 g/mol. The molecule has 3 aromatic heterocycles. The fourth-order valence-corrected chi connectivity index (χ4v) is 9.41. The monoisotopic (exact) mass is 921 g/mol. The summed E-state index contributed by atoms with van der Waals surface area (Å²) in [6, 6.07) is 8.21. The van der Waals surface area contributed by atoms with Crippen molar-refractivity contribution in [1.29, 1.82) is 0 Å². The highest BCUT2D eigenvalue weighted by molar-refractivity contribution is 6.08. The van der Waals surface area contributed by atoms with Crippen molar-refractivity contribution in [2.45, 2.75) is 115 Å². The van der Waals surface area contributed by atoms with Gasteiger partial charge >= 0.3 is 12.3 Å². The number of benzene rings is 1. The first-order valence-corrected chi connectivity index (χ1v) is 22.5. The molecule has 1 unspecified atom stereocenters. The number of likely N-dealkylation sites (tertiary alicyclic amines) is 1. The summed E-state index contributed by atoms with van der Waals surface area (Å²) in [5.41, 5.74) is -0.888. The van der Waals surface area contributed by atoms with E-state index in [1.165, 1.54) is 27.8 Å². The van der Waals surface area contributed by atoms with E-state index in [0.717, 1.165) is 24.1 Å². The third-order valence-corrected chi connectivity index (χ3v) is 12.8. The van der Waals surface area contributed by atoms with E-state index >= 15 is 0 Å². The van der Waals surface area contributed by atoms with Gasteiger partial charge in [-0.25, -0.2) is 18.7 Å². The molecule has 8 rings (SSSR count). The average Bonchev–Trinajstić information content (AvgIpc) is 3.90. The highest BCUT2D eigenvalue weighted by atomic mass is 19.4. The zero-order chi connectivity index (χ0) is 46.9. The third kappa shape index (κ3) is 10.9. The molecule has 0 radical (unpaired) electrons. The van der Waals surface area contributed by atoms with Gasteiger partial charge in [0.2, 0.25) is 17.7 Å². The molecule has 3 saturated heterocycles. The Balaban J connectivity index is 0.846. The van der Waals surface area contributed by atoms with Gasteiger partial charge in [0.15, 0.2) is 11.3 Å². The van der Waals surface area contributed by atoms with Gasteiger partial charge in [0.25, 0.3) is 5.91 Å². The topological polar surface area (TPSA) is 197 Å². The number of alkyl carbamates (subject to hydrolysis) is 1. The summed E-state index contributed by atoms with van der Waals surface area (Å²) in [4.78, 5) is 71.7. The molecule has 0 bridgehead atoms. The summed E-state index contributed by atoms with van der Waals surface area (Å²) in [6.45, 7) is 7.20. The summed E-state index contributed by atoms with van der Waals surface area (Å²) in [7, 11) is 0. The lowest BCUT2D eigenvalue weighted by Gasteiger charge is -2.36. The summed E-state index contributed by atoms with van der Waals surface area (Å²) < 4.78 is 66.0. The molecule has 1 aliphatic carbocycles. The second-order valence-corrected chi connectivity index (χ2v) is 18.8. The van der Waals surface area contributed by atoms with Crippen molar-refractivity contribution < 1.29 is 46.3 Å². The Labute approximate surface area is 378 Å². The van der Waals surface area contributed by atoms with E-state index in [2.05, 4.69) is 36.4 Å². The first kappa shape index (κ1) is 46.3. The van der Waals surface area contributed by atoms with Gasteiger partial charge in [-0.05, 0) is 95.4 Å². The summed E-state index contributed by atoms with van der Waals surface area (Å²) in [6.07, 6.45) is 1.23. The number of hydrogen-bond acceptors (Lipinski definition) is 11. The normalized spacial score (nSPS) is 23.3. The fraction of sp³-hybridized carbons (Fsp3) is 0.556. The number of halogens is 4. The number of fused-ring (bicyclic) bond motifs is 1. The summed E-state index contributed by atoms with van der Waals surface area (Å²) >= 11 is 0. The number of aromatic nitrogens is 5. The van der Waals surface area contributed by atoms with Gasteiger partial charge in [-0.1, -0.05) is 12.1 Å². The lowest BCUT2D eigenvalue weighted by Crippen LogP contribution is -2.52. The number of nitrogens with one attached hydrogen (secondary N) is 4. The van der Waals surface area contributed by atoms with Crippen LogP contribution in [0.2, 0.25) is 0 Å². The van der Waals surface area contributed by atoms with Crippen LogP contribution in [0.3, 0.4) is 0 Å². The van der Waals surface area contributed by atoms with E-state index < -0.39 is 53.4 Å². The van der Waals surface area contributed by atoms with E-state index in [9.17, 15) is 41.5 Å². The minimum absolute atomic E-state index is 0.0294. The van der Waals surface area contributed by atoms with Gasteiger partial charge in [-0.15, -0.1) is 0 Å². The number of carbonyl (C=O) groups excluding carboxylic acids is 5. The smallest absolute Gasteiger partial charge is 0.437 e. The minimum atomic E-state index is -4.89. The molecule has 0 spiro atoms. The van der Waals surface area contributed by atoms with Crippen molar-refractivity contribution in [1.82, 2.24) is 39.9 Å². The Morgan fingerprint density at radius 3 is 2.44 bits per heavy atom. The van der Waals surface area contributed by atoms with Crippen LogP contribution < -0.4 is 26.2 Å². The van der Waals surface area contributed by atoms with Crippen LogP contribution in [0.5, 0.6) is 0 Å². The Bertz CT molecular complexity index is 2450. The number of nitrogens with zero attached hydrogens (tertiary/aromatic N) is 7.